The maximum absolute atomic E-state index is 11.9. The first-order chi connectivity index (χ1) is 10.7. The highest BCUT2D eigenvalue weighted by Crippen LogP contribution is 2.26. The predicted octanol–water partition coefficient (Wildman–Crippen LogP) is 3.00. The second kappa shape index (κ2) is 6.89. The average Bonchev–Trinajstić information content (AvgIpc) is 2.40. The van der Waals surface area contributed by atoms with E-state index in [1.807, 2.05) is 45.9 Å². The van der Waals surface area contributed by atoms with E-state index in [0.29, 0.717) is 6.42 Å². The number of carbonyl (C=O) groups excluding carboxylic acids is 1. The summed E-state index contributed by atoms with van der Waals surface area (Å²) in [5.74, 6) is 0. The third kappa shape index (κ3) is 5.52. The summed E-state index contributed by atoms with van der Waals surface area (Å²) in [4.78, 5) is 11.9. The van der Waals surface area contributed by atoms with Crippen molar-refractivity contribution in [2.75, 3.05) is 18.4 Å². The molecule has 0 saturated carbocycles. The summed E-state index contributed by atoms with van der Waals surface area (Å²) in [6.07, 6.45) is 1.72. The van der Waals surface area contributed by atoms with E-state index in [-0.39, 0.29) is 0 Å². The summed E-state index contributed by atoms with van der Waals surface area (Å²) >= 11 is 0. The predicted molar refractivity (Wildman–Crippen MR) is 91.8 cm³/mol. The normalized spacial score (nSPS) is 17.6. The molecule has 1 fully saturated rings. The first-order valence-electron chi connectivity index (χ1n) is 8.20. The van der Waals surface area contributed by atoms with Crippen molar-refractivity contribution >= 4 is 11.8 Å². The lowest BCUT2D eigenvalue weighted by Crippen LogP contribution is -2.43. The molecule has 1 aromatic carbocycles. The van der Waals surface area contributed by atoms with Crippen molar-refractivity contribution in [2.45, 2.75) is 58.2 Å². The van der Waals surface area contributed by atoms with E-state index in [0.717, 1.165) is 42.7 Å². The highest BCUT2D eigenvalue weighted by atomic mass is 16.6. The molecule has 1 aliphatic rings. The topological polar surface area (TPSA) is 70.6 Å². The van der Waals surface area contributed by atoms with E-state index in [1.165, 1.54) is 0 Å². The molecule has 1 saturated heterocycles. The zero-order valence-electron chi connectivity index (χ0n) is 14.5. The molecule has 5 heteroatoms. The van der Waals surface area contributed by atoms with Gasteiger partial charge < -0.3 is 15.2 Å². The first-order valence-corrected chi connectivity index (χ1v) is 8.20. The lowest BCUT2D eigenvalue weighted by Gasteiger charge is -2.32. The molecule has 0 spiro atoms. The number of aryl methyl sites for hydroxylation is 1. The Morgan fingerprint density at radius 1 is 1.35 bits per heavy atom. The third-order valence-corrected chi connectivity index (χ3v) is 3.99. The van der Waals surface area contributed by atoms with E-state index >= 15 is 0 Å². The van der Waals surface area contributed by atoms with Gasteiger partial charge in [-0.05, 0) is 70.8 Å². The Bertz CT molecular complexity index is 558. The summed E-state index contributed by atoms with van der Waals surface area (Å²) in [5, 5.41) is 16.7. The molecule has 0 radical (unpaired) electrons. The van der Waals surface area contributed by atoms with Crippen molar-refractivity contribution in [3.8, 4) is 0 Å². The Labute approximate surface area is 138 Å². The molecule has 128 valence electrons. The van der Waals surface area contributed by atoms with Gasteiger partial charge in [0, 0.05) is 12.1 Å². The highest BCUT2D eigenvalue weighted by molar-refractivity contribution is 5.85. The van der Waals surface area contributed by atoms with Crippen LogP contribution in [0, 0.1) is 6.92 Å². The van der Waals surface area contributed by atoms with Gasteiger partial charge in [-0.1, -0.05) is 12.1 Å². The molecule has 1 heterocycles. The molecule has 1 aliphatic heterocycles. The summed E-state index contributed by atoms with van der Waals surface area (Å²) in [6, 6.07) is 5.85. The van der Waals surface area contributed by atoms with Crippen LogP contribution in [0.3, 0.4) is 0 Å². The fourth-order valence-electron chi connectivity index (χ4n) is 2.84. The SMILES string of the molecule is Cc1cc(CC2(O)CCNCC2)ccc1NC(=O)OC(C)(C)C. The second-order valence-corrected chi connectivity index (χ2v) is 7.43. The Morgan fingerprint density at radius 3 is 2.57 bits per heavy atom. The zero-order valence-corrected chi connectivity index (χ0v) is 14.5. The van der Waals surface area contributed by atoms with Crippen molar-refractivity contribution in [1.29, 1.82) is 0 Å². The number of amides is 1. The molecule has 0 atom stereocenters. The van der Waals surface area contributed by atoms with Gasteiger partial charge in [0.1, 0.15) is 5.60 Å². The minimum absolute atomic E-state index is 0.453. The quantitative estimate of drug-likeness (QED) is 0.801. The Kier molecular flexibility index (Phi) is 5.32. The lowest BCUT2D eigenvalue weighted by atomic mass is 9.85. The van der Waals surface area contributed by atoms with Crippen LogP contribution in [0.15, 0.2) is 18.2 Å². The summed E-state index contributed by atoms with van der Waals surface area (Å²) in [6.45, 7) is 9.16. The van der Waals surface area contributed by atoms with E-state index < -0.39 is 17.3 Å². The van der Waals surface area contributed by atoms with Gasteiger partial charge in [0.25, 0.3) is 0 Å². The number of anilines is 1. The van der Waals surface area contributed by atoms with Gasteiger partial charge in [0.05, 0.1) is 5.60 Å². The third-order valence-electron chi connectivity index (χ3n) is 3.99. The van der Waals surface area contributed by atoms with Crippen LogP contribution in [0.4, 0.5) is 10.5 Å². The second-order valence-electron chi connectivity index (χ2n) is 7.43. The van der Waals surface area contributed by atoms with E-state index in [9.17, 15) is 9.90 Å². The number of benzene rings is 1. The molecule has 0 bridgehead atoms. The molecule has 3 N–H and O–H groups in total. The summed E-state index contributed by atoms with van der Waals surface area (Å²) in [7, 11) is 0. The van der Waals surface area contributed by atoms with Crippen molar-refractivity contribution in [3.05, 3.63) is 29.3 Å². The van der Waals surface area contributed by atoms with Crippen LogP contribution < -0.4 is 10.6 Å². The number of aliphatic hydroxyl groups is 1. The molecule has 0 aliphatic carbocycles. The number of ether oxygens (including phenoxy) is 1. The van der Waals surface area contributed by atoms with Crippen LogP contribution in [0.2, 0.25) is 0 Å². The van der Waals surface area contributed by atoms with Gasteiger partial charge in [-0.3, -0.25) is 5.32 Å². The van der Waals surface area contributed by atoms with Crippen molar-refractivity contribution < 1.29 is 14.6 Å². The smallest absolute Gasteiger partial charge is 0.412 e. The minimum atomic E-state index is -0.627. The molecule has 1 aromatic rings. The average molecular weight is 320 g/mol. The Hall–Kier alpha value is -1.59. The van der Waals surface area contributed by atoms with Crippen LogP contribution in [0.1, 0.15) is 44.7 Å². The molecule has 23 heavy (non-hydrogen) atoms. The first kappa shape index (κ1) is 17.8. The fourth-order valence-corrected chi connectivity index (χ4v) is 2.84. The van der Waals surface area contributed by atoms with Crippen LogP contribution in [-0.4, -0.2) is 35.5 Å². The standard InChI is InChI=1S/C18H28N2O3/c1-13-11-14(12-18(22)7-9-19-10-8-18)5-6-15(13)20-16(21)23-17(2,3)4/h5-6,11,19,22H,7-10,12H2,1-4H3,(H,20,21). The zero-order chi connectivity index (χ0) is 17.1. The molecule has 2 rings (SSSR count). The Balaban J connectivity index is 2.01. The minimum Gasteiger partial charge on any atom is -0.444 e. The molecule has 5 nitrogen and oxygen atoms in total. The van der Waals surface area contributed by atoms with Gasteiger partial charge in [-0.25, -0.2) is 4.79 Å². The van der Waals surface area contributed by atoms with Crippen LogP contribution in [-0.2, 0) is 11.2 Å². The van der Waals surface area contributed by atoms with Gasteiger partial charge >= 0.3 is 6.09 Å². The number of nitrogens with one attached hydrogen (secondary N) is 2. The summed E-state index contributed by atoms with van der Waals surface area (Å²) in [5.41, 5.74) is 1.64. The van der Waals surface area contributed by atoms with Crippen LogP contribution in [0.25, 0.3) is 0 Å². The molecule has 0 aromatic heterocycles. The van der Waals surface area contributed by atoms with Gasteiger partial charge in [-0.15, -0.1) is 0 Å². The maximum atomic E-state index is 11.9. The van der Waals surface area contributed by atoms with Gasteiger partial charge in [0.15, 0.2) is 0 Å². The lowest BCUT2D eigenvalue weighted by molar-refractivity contribution is 0.0108. The molecule has 1 amide bonds. The monoisotopic (exact) mass is 320 g/mol. The number of rotatable bonds is 3. The largest absolute Gasteiger partial charge is 0.444 e. The van der Waals surface area contributed by atoms with Gasteiger partial charge in [0.2, 0.25) is 0 Å². The number of hydrogen-bond acceptors (Lipinski definition) is 4. The van der Waals surface area contributed by atoms with E-state index in [1.54, 1.807) is 0 Å². The number of piperidine rings is 1. The van der Waals surface area contributed by atoms with Crippen LogP contribution in [0.5, 0.6) is 0 Å². The summed E-state index contributed by atoms with van der Waals surface area (Å²) < 4.78 is 5.27. The maximum Gasteiger partial charge on any atom is 0.412 e. The van der Waals surface area contributed by atoms with E-state index in [2.05, 4.69) is 10.6 Å². The van der Waals surface area contributed by atoms with Crippen molar-refractivity contribution in [2.24, 2.45) is 0 Å². The van der Waals surface area contributed by atoms with Gasteiger partial charge in [-0.2, -0.15) is 0 Å². The fraction of sp³-hybridized carbons (Fsp3) is 0.611. The van der Waals surface area contributed by atoms with Crippen molar-refractivity contribution in [1.82, 2.24) is 5.32 Å². The molecule has 0 unspecified atom stereocenters. The number of carbonyl (C=O) groups is 1. The van der Waals surface area contributed by atoms with Crippen molar-refractivity contribution in [3.63, 3.8) is 0 Å². The molecular weight excluding hydrogens is 292 g/mol. The van der Waals surface area contributed by atoms with Crippen LogP contribution >= 0.6 is 0 Å². The molecular formula is C18H28N2O3. The highest BCUT2D eigenvalue weighted by Gasteiger charge is 2.29. The van der Waals surface area contributed by atoms with E-state index in [4.69, 9.17) is 4.74 Å². The Morgan fingerprint density at radius 2 is 2.00 bits per heavy atom. The number of hydrogen-bond donors (Lipinski definition) is 3.